The molecule has 10 amide bonds. The van der Waals surface area contributed by atoms with Crippen LogP contribution < -0.4 is 53.6 Å². The molecule has 1 fully saturated rings. The second-order valence-corrected chi connectivity index (χ2v) is 29.4. The van der Waals surface area contributed by atoms with E-state index in [9.17, 15) is 78.0 Å². The van der Waals surface area contributed by atoms with Gasteiger partial charge in [0.2, 0.25) is 59.1 Å². The van der Waals surface area contributed by atoms with Crippen molar-refractivity contribution < 1.29 is 106 Å². The van der Waals surface area contributed by atoms with E-state index in [-0.39, 0.29) is 90.5 Å². The first kappa shape index (κ1) is 87.2. The number of carbonyl (C=O) groups excluding carboxylic acids is 14. The summed E-state index contributed by atoms with van der Waals surface area (Å²) in [5.41, 5.74) is 5.46. The minimum atomic E-state index is -2.68. The molecule has 16 N–H and O–H groups in total. The van der Waals surface area contributed by atoms with E-state index < -0.39 is 260 Å². The molecule has 3 aliphatic heterocycles. The van der Waals surface area contributed by atoms with Gasteiger partial charge in [-0.3, -0.25) is 76.1 Å². The third-order valence-corrected chi connectivity index (χ3v) is 20.5. The number of fused-ring (bicyclic) bond motifs is 5. The van der Waals surface area contributed by atoms with E-state index in [1.54, 1.807) is 41.5 Å². The number of amides is 10. The number of carboxylic acids is 1. The molecule has 5 rings (SSSR count). The van der Waals surface area contributed by atoms with Crippen LogP contribution in [0, 0.1) is 35.5 Å². The SMILES string of the molecule is CCCOCCC(=O)NC(C(=O)NC(C)C(=O)Cc1cc2c3c([nH]c2cc1CC(=O)C(C)NC(=O)C(CC(=O)CCOCCN)C(C)C)S(=O)C[C@@H]1NC(=O)CNC(=O)[C@H]([C@@H](C)CC)NC(=O)CNC(=O)[C@H](C3)NC(=O)[C@H](C(C)C(O)CO)NC(=O)[C@@H]2C[C@@H](O)CN2C(=O)[C@H](CC(=O)O)CC1=O)C(C)C. The number of nitrogens with two attached hydrogens (primary N) is 1. The van der Waals surface area contributed by atoms with Gasteiger partial charge in [-0.1, -0.05) is 61.8 Å². The summed E-state index contributed by atoms with van der Waals surface area (Å²) in [4.78, 5) is 217. The van der Waals surface area contributed by atoms with Crippen LogP contribution in [0.2, 0.25) is 0 Å². The number of hydrogen-bond acceptors (Lipinski definition) is 22. The smallest absolute Gasteiger partial charge is 0.304 e. The van der Waals surface area contributed by atoms with E-state index in [1.165, 1.54) is 32.9 Å². The summed E-state index contributed by atoms with van der Waals surface area (Å²) in [6.45, 7) is 13.6. The van der Waals surface area contributed by atoms with Crippen molar-refractivity contribution in [1.82, 2.24) is 57.7 Å². The minimum Gasteiger partial charge on any atom is -0.481 e. The quantitative estimate of drug-likeness (QED) is 0.0322. The molecule has 0 saturated carbocycles. The lowest BCUT2D eigenvalue weighted by atomic mass is 9.88. The number of Topliss-reactive ketones (excluding diaryl/α,β-unsaturated/α-hetero) is 4. The highest BCUT2D eigenvalue weighted by Crippen LogP contribution is 2.33. The fourth-order valence-corrected chi connectivity index (χ4v) is 13.8. The zero-order chi connectivity index (χ0) is 78.3. The third kappa shape index (κ3) is 25.4. The summed E-state index contributed by atoms with van der Waals surface area (Å²) >= 11 is 0. The van der Waals surface area contributed by atoms with Crippen molar-refractivity contribution in [2.24, 2.45) is 41.2 Å². The number of carbonyl (C=O) groups is 15. The first-order valence-corrected chi connectivity index (χ1v) is 37.0. The number of aliphatic carboxylic acids is 1. The lowest BCUT2D eigenvalue weighted by molar-refractivity contribution is -0.148. The number of hydrogen-bond donors (Lipinski definition) is 15. The predicted molar refractivity (Wildman–Crippen MR) is 378 cm³/mol. The van der Waals surface area contributed by atoms with Gasteiger partial charge in [0.05, 0.1) is 98.7 Å². The molecule has 0 radical (unpaired) electrons. The Bertz CT molecular complexity index is 3530. The van der Waals surface area contributed by atoms with E-state index in [1.807, 2.05) is 6.92 Å². The van der Waals surface area contributed by atoms with Crippen LogP contribution in [0.1, 0.15) is 137 Å². The van der Waals surface area contributed by atoms with E-state index in [0.29, 0.717) is 13.0 Å². The average molecular weight is 1500 g/mol. The van der Waals surface area contributed by atoms with Crippen molar-refractivity contribution in [2.75, 3.05) is 65.0 Å². The molecular formula is C70H106N12O22S. The van der Waals surface area contributed by atoms with Crippen molar-refractivity contribution in [1.29, 1.82) is 0 Å². The second-order valence-electron chi connectivity index (χ2n) is 28.0. The first-order valence-electron chi connectivity index (χ1n) is 35.7. The number of rotatable bonds is 32. The van der Waals surface area contributed by atoms with Crippen LogP contribution in [0.3, 0.4) is 0 Å². The van der Waals surface area contributed by atoms with E-state index in [4.69, 9.17) is 15.2 Å². The molecule has 2 bridgehead atoms. The Morgan fingerprint density at radius 2 is 1.31 bits per heavy atom. The van der Waals surface area contributed by atoms with Crippen molar-refractivity contribution in [3.8, 4) is 0 Å². The number of H-pyrrole nitrogens is 1. The number of benzene rings is 1. The van der Waals surface area contributed by atoms with Crippen LogP contribution in [-0.2, 0) is 111 Å². The Morgan fingerprint density at radius 3 is 1.91 bits per heavy atom. The summed E-state index contributed by atoms with van der Waals surface area (Å²) < 4.78 is 26.5. The molecular weight excluding hydrogens is 1390 g/mol. The zero-order valence-corrected chi connectivity index (χ0v) is 62.1. The summed E-state index contributed by atoms with van der Waals surface area (Å²) in [6, 6.07) is -9.92. The van der Waals surface area contributed by atoms with Crippen LogP contribution >= 0.6 is 0 Å². The molecule has 584 valence electrons. The van der Waals surface area contributed by atoms with Gasteiger partial charge in [0, 0.05) is 93.8 Å². The predicted octanol–water partition coefficient (Wildman–Crippen LogP) is -3.15. The van der Waals surface area contributed by atoms with Gasteiger partial charge in [0.15, 0.2) is 17.3 Å². The molecule has 0 spiro atoms. The molecule has 7 unspecified atom stereocenters. The molecule has 0 aliphatic carbocycles. The number of aliphatic hydroxyl groups excluding tert-OH is 3. The largest absolute Gasteiger partial charge is 0.481 e. The monoisotopic (exact) mass is 1500 g/mol. The number of aromatic amines is 1. The molecule has 1 aromatic carbocycles. The topological polar surface area (TPSA) is 526 Å². The molecule has 15 atom stereocenters. The highest BCUT2D eigenvalue weighted by molar-refractivity contribution is 7.85. The fourth-order valence-electron chi connectivity index (χ4n) is 12.4. The lowest BCUT2D eigenvalue weighted by Gasteiger charge is -2.32. The molecule has 4 heterocycles. The molecule has 1 aromatic heterocycles. The summed E-state index contributed by atoms with van der Waals surface area (Å²) in [5.74, 6) is -20.6. The Hall–Kier alpha value is -8.48. The number of ketones is 4. The molecule has 2 aromatic rings. The van der Waals surface area contributed by atoms with Crippen LogP contribution in [0.15, 0.2) is 17.2 Å². The van der Waals surface area contributed by atoms with Gasteiger partial charge in [-0.15, -0.1) is 0 Å². The van der Waals surface area contributed by atoms with Crippen LogP contribution in [0.5, 0.6) is 0 Å². The Morgan fingerprint density at radius 1 is 0.705 bits per heavy atom. The summed E-state index contributed by atoms with van der Waals surface area (Å²) in [5, 5.41) is 65.1. The van der Waals surface area contributed by atoms with Gasteiger partial charge in [0.25, 0.3) is 0 Å². The van der Waals surface area contributed by atoms with Gasteiger partial charge in [-0.05, 0) is 66.8 Å². The number of nitrogens with zero attached hydrogens (tertiary/aromatic N) is 1. The molecule has 35 heteroatoms. The van der Waals surface area contributed by atoms with Gasteiger partial charge < -0.3 is 93.4 Å². The molecule has 1 saturated heterocycles. The lowest BCUT2D eigenvalue weighted by Crippen LogP contribution is -2.61. The van der Waals surface area contributed by atoms with Gasteiger partial charge in [0.1, 0.15) is 41.0 Å². The zero-order valence-electron chi connectivity index (χ0n) is 61.3. The average Bonchev–Trinajstić information content (AvgIpc) is 1.62. The Kier molecular flexibility index (Phi) is 34.4. The van der Waals surface area contributed by atoms with Gasteiger partial charge in [-0.2, -0.15) is 0 Å². The molecule has 105 heavy (non-hydrogen) atoms. The Balaban J connectivity index is 1.81. The maximum absolute atomic E-state index is 15.7. The standard InChI is InChI=1S/C70H106N12O22S/c1-11-16-103-18-14-56(90)79-60(35(5)6)67(99)75-39(10)52(86)22-40-20-46-47-28-49-64(96)72-30-58(92)80-61(36(7)12-2)66(98)73-29-57(91)76-50(54(88)24-42(25-59(93)94)70(101)82-31-44(85)27-51(82)65(97)81-62(68(100)77-49)37(8)55(89)32-83)33-105(102)69(47)78-48(46)21-41(40)23-53(87)38(9)74-63(95)45(34(3)4)26-43(84)13-17-104-19-15-71/h20-21,34-39,42,44-45,49-51,55,60-62,78,83,85,89H,11-19,22-33,71H2,1-10H3,(H,72,96)(H,73,98)(H,74,95)(H,75,99)(H,76,91)(H,77,100)(H,79,90)(H,80,92)(H,81,97)(H,93,94)/t36-,37?,38?,39?,42-,44+,45?,49-,50-,51-,55?,60?,61-,62-,105?/m0/s1. The minimum absolute atomic E-state index is 0.000645. The third-order valence-electron chi connectivity index (χ3n) is 19.0. The number of carboxylic acid groups (broad SMARTS) is 1. The molecule has 3 aliphatic rings. The normalized spacial score (nSPS) is 23.2. The van der Waals surface area contributed by atoms with Crippen molar-refractivity contribution in [2.45, 2.75) is 205 Å². The maximum atomic E-state index is 15.7. The van der Waals surface area contributed by atoms with Crippen LogP contribution in [0.25, 0.3) is 10.9 Å². The summed E-state index contributed by atoms with van der Waals surface area (Å²) in [7, 11) is -2.68. The van der Waals surface area contributed by atoms with E-state index >= 15 is 18.6 Å². The highest BCUT2D eigenvalue weighted by atomic mass is 32.2. The number of nitrogens with one attached hydrogen (secondary N) is 10. The molecule has 34 nitrogen and oxygen atoms in total. The fraction of sp³-hybridized carbons (Fsp3) is 0.671. The van der Waals surface area contributed by atoms with Crippen LogP contribution in [0.4, 0.5) is 0 Å². The summed E-state index contributed by atoms with van der Waals surface area (Å²) in [6.07, 6.45) is -7.13. The Labute approximate surface area is 611 Å². The van der Waals surface area contributed by atoms with E-state index in [0.717, 1.165) is 4.90 Å². The van der Waals surface area contributed by atoms with Gasteiger partial charge >= 0.3 is 5.97 Å². The highest BCUT2D eigenvalue weighted by Gasteiger charge is 2.46. The number of ether oxygens (including phenoxy) is 2. The first-order chi connectivity index (χ1) is 49.5. The van der Waals surface area contributed by atoms with Crippen molar-refractivity contribution in [3.05, 3.63) is 28.8 Å². The number of aromatic nitrogens is 1. The number of aliphatic hydroxyl groups is 3. The second kappa shape index (κ2) is 41.4. The maximum Gasteiger partial charge on any atom is 0.304 e. The van der Waals surface area contributed by atoms with Crippen molar-refractivity contribution in [3.63, 3.8) is 0 Å². The van der Waals surface area contributed by atoms with Crippen LogP contribution in [-0.4, -0.2) is 248 Å². The van der Waals surface area contributed by atoms with E-state index in [2.05, 4.69) is 52.8 Å². The van der Waals surface area contributed by atoms with Crippen molar-refractivity contribution >= 4 is 110 Å². The van der Waals surface area contributed by atoms with Gasteiger partial charge in [-0.25, -0.2) is 0 Å².